The molecule has 1 saturated carbocycles. The number of nitrogens with zero attached hydrogens (tertiary/aromatic N) is 1. The Kier molecular flexibility index (Phi) is 14.4. The largest absolute Gasteiger partial charge is 0.493 e. The SMILES string of the molecule is CCc1c(CNC2CCCC[C@@H]2O)cccc1Nc1c(C(N)=O)cnc2cc(OC)c(OC)cc12.O=C(O)C(F)(F)F.O=C(O)C(F)(F)F. The van der Waals surface area contributed by atoms with Crippen LogP contribution in [-0.2, 0) is 22.6 Å². The summed E-state index contributed by atoms with van der Waals surface area (Å²) < 4.78 is 74.4. The van der Waals surface area contributed by atoms with Crippen LogP contribution in [0.2, 0.25) is 0 Å². The summed E-state index contributed by atoms with van der Waals surface area (Å²) in [5.41, 5.74) is 10.4. The van der Waals surface area contributed by atoms with Gasteiger partial charge in [0.15, 0.2) is 11.5 Å². The van der Waals surface area contributed by atoms with E-state index < -0.39 is 30.2 Å². The van der Waals surface area contributed by atoms with E-state index in [9.17, 15) is 36.2 Å². The fourth-order valence-electron chi connectivity index (χ4n) is 4.90. The van der Waals surface area contributed by atoms with E-state index >= 15 is 0 Å². The summed E-state index contributed by atoms with van der Waals surface area (Å²) >= 11 is 0. The summed E-state index contributed by atoms with van der Waals surface area (Å²) in [7, 11) is 3.14. The van der Waals surface area contributed by atoms with Gasteiger partial charge in [0.05, 0.1) is 37.1 Å². The van der Waals surface area contributed by atoms with Crippen molar-refractivity contribution < 1.29 is 65.5 Å². The van der Waals surface area contributed by atoms with E-state index in [0.29, 0.717) is 40.2 Å². The summed E-state index contributed by atoms with van der Waals surface area (Å²) in [5.74, 6) is -5.00. The van der Waals surface area contributed by atoms with Gasteiger partial charge in [0.2, 0.25) is 0 Å². The van der Waals surface area contributed by atoms with Crippen LogP contribution < -0.4 is 25.8 Å². The predicted octanol–water partition coefficient (Wildman–Crippen LogP) is 5.32. The van der Waals surface area contributed by atoms with Crippen molar-refractivity contribution in [2.45, 2.75) is 70.1 Å². The number of aromatic nitrogens is 1. The number of nitrogens with two attached hydrogens (primary N) is 1. The van der Waals surface area contributed by atoms with Gasteiger partial charge in [-0.05, 0) is 42.5 Å². The number of hydrogen-bond donors (Lipinski definition) is 6. The lowest BCUT2D eigenvalue weighted by molar-refractivity contribution is -0.193. The van der Waals surface area contributed by atoms with Crippen LogP contribution in [0.15, 0.2) is 36.5 Å². The van der Waals surface area contributed by atoms with Crippen molar-refractivity contribution in [3.63, 3.8) is 0 Å². The van der Waals surface area contributed by atoms with Crippen molar-refractivity contribution in [2.75, 3.05) is 19.5 Å². The average Bonchev–Trinajstić information content (AvgIpc) is 3.03. The van der Waals surface area contributed by atoms with Crippen LogP contribution >= 0.6 is 0 Å². The van der Waals surface area contributed by atoms with Crippen LogP contribution in [0, 0.1) is 0 Å². The molecular weight excluding hydrogens is 670 g/mol. The van der Waals surface area contributed by atoms with E-state index in [1.165, 1.54) is 6.20 Å². The monoisotopic (exact) mass is 706 g/mol. The number of aliphatic carboxylic acids is 2. The number of primary amides is 1. The molecule has 1 aliphatic carbocycles. The zero-order valence-electron chi connectivity index (χ0n) is 26.5. The Hall–Kier alpha value is -4.84. The minimum Gasteiger partial charge on any atom is -0.493 e. The molecule has 0 aliphatic heterocycles. The third-order valence-corrected chi connectivity index (χ3v) is 7.29. The number of fused-ring (bicyclic) bond motifs is 1. The number of ether oxygens (including phenoxy) is 2. The van der Waals surface area contributed by atoms with Crippen LogP contribution in [0.5, 0.6) is 11.5 Å². The fourth-order valence-corrected chi connectivity index (χ4v) is 4.90. The minimum atomic E-state index is -5.08. The first-order valence-corrected chi connectivity index (χ1v) is 14.6. The number of carboxylic acids is 2. The normalized spacial score (nSPS) is 16.0. The van der Waals surface area contributed by atoms with E-state index in [0.717, 1.165) is 48.9 Å². The summed E-state index contributed by atoms with van der Waals surface area (Å²) in [6.45, 7) is 2.76. The van der Waals surface area contributed by atoms with Gasteiger partial charge in [-0.1, -0.05) is 31.9 Å². The second-order valence-corrected chi connectivity index (χ2v) is 10.5. The van der Waals surface area contributed by atoms with Gasteiger partial charge in [-0.15, -0.1) is 0 Å². The number of pyridine rings is 1. The molecule has 49 heavy (non-hydrogen) atoms. The van der Waals surface area contributed by atoms with Crippen LogP contribution in [0.25, 0.3) is 10.9 Å². The molecule has 1 heterocycles. The first kappa shape index (κ1) is 40.3. The maximum Gasteiger partial charge on any atom is 0.490 e. The highest BCUT2D eigenvalue weighted by atomic mass is 19.4. The maximum absolute atomic E-state index is 12.3. The van der Waals surface area contributed by atoms with Gasteiger partial charge in [0, 0.05) is 35.9 Å². The van der Waals surface area contributed by atoms with E-state index in [-0.39, 0.29) is 12.1 Å². The summed E-state index contributed by atoms with van der Waals surface area (Å²) in [5, 5.41) is 32.3. The van der Waals surface area contributed by atoms with Crippen LogP contribution in [-0.4, -0.2) is 76.9 Å². The predicted molar refractivity (Wildman–Crippen MR) is 165 cm³/mol. The van der Waals surface area contributed by atoms with Crippen molar-refractivity contribution in [1.82, 2.24) is 10.3 Å². The number of rotatable bonds is 9. The number of amides is 1. The molecule has 1 aliphatic rings. The number of carboxylic acid groups (broad SMARTS) is 2. The Bertz CT molecular complexity index is 1590. The Morgan fingerprint density at radius 2 is 1.51 bits per heavy atom. The highest BCUT2D eigenvalue weighted by Crippen LogP contribution is 2.38. The molecular formula is C31H36F6N4O8. The first-order chi connectivity index (χ1) is 22.8. The zero-order valence-corrected chi connectivity index (χ0v) is 26.5. The molecule has 4 rings (SSSR count). The Labute approximate surface area is 276 Å². The number of carbonyl (C=O) groups is 3. The summed E-state index contributed by atoms with van der Waals surface area (Å²) in [6.07, 6.45) is -4.15. The lowest BCUT2D eigenvalue weighted by atomic mass is 9.92. The van der Waals surface area contributed by atoms with Gasteiger partial charge in [0.25, 0.3) is 5.91 Å². The number of aliphatic hydroxyl groups excluding tert-OH is 1. The van der Waals surface area contributed by atoms with E-state index in [1.54, 1.807) is 26.4 Å². The average molecular weight is 707 g/mol. The Balaban J connectivity index is 0.000000500. The van der Waals surface area contributed by atoms with Crippen molar-refractivity contribution in [3.05, 3.63) is 53.2 Å². The molecule has 270 valence electrons. The smallest absolute Gasteiger partial charge is 0.490 e. The molecule has 0 saturated heterocycles. The molecule has 1 fully saturated rings. The topological polar surface area (TPSA) is 193 Å². The second-order valence-electron chi connectivity index (χ2n) is 10.5. The van der Waals surface area contributed by atoms with Gasteiger partial charge in [-0.25, -0.2) is 9.59 Å². The number of hydrogen-bond acceptors (Lipinski definition) is 9. The zero-order chi connectivity index (χ0) is 37.1. The van der Waals surface area contributed by atoms with Crippen molar-refractivity contribution in [3.8, 4) is 11.5 Å². The lowest BCUT2D eigenvalue weighted by Gasteiger charge is -2.29. The van der Waals surface area contributed by atoms with Crippen LogP contribution in [0.1, 0.15) is 54.1 Å². The van der Waals surface area contributed by atoms with Crippen molar-refractivity contribution >= 4 is 40.1 Å². The number of methoxy groups -OCH3 is 2. The van der Waals surface area contributed by atoms with E-state index in [1.807, 2.05) is 12.1 Å². The van der Waals surface area contributed by atoms with Crippen LogP contribution in [0.3, 0.4) is 0 Å². The molecule has 0 radical (unpaired) electrons. The van der Waals surface area contributed by atoms with Crippen molar-refractivity contribution in [2.24, 2.45) is 5.73 Å². The number of carbonyl (C=O) groups excluding carboxylic acids is 1. The van der Waals surface area contributed by atoms with Gasteiger partial charge in [-0.3, -0.25) is 9.78 Å². The number of nitrogens with one attached hydrogen (secondary N) is 2. The lowest BCUT2D eigenvalue weighted by Crippen LogP contribution is -2.41. The Morgan fingerprint density at radius 1 is 0.959 bits per heavy atom. The standard InChI is InChI=1S/C27H34N4O4.2C2HF3O2/c1-4-17-16(14-29-21-9-5-6-11-23(21)32)8-7-10-20(17)31-26-18-12-24(34-2)25(35-3)13-22(18)30-15-19(26)27(28)33;2*3-2(4,5)1(6)7/h7-8,10,12-13,15,21,23,29,32H,4-6,9,11,14H2,1-3H3,(H2,28,33)(H,30,31);2*(H,6,7)/t21?,23-;;/m0../s1. The summed E-state index contributed by atoms with van der Waals surface area (Å²) in [4.78, 5) is 34.5. The third-order valence-electron chi connectivity index (χ3n) is 7.29. The first-order valence-electron chi connectivity index (χ1n) is 14.6. The quantitative estimate of drug-likeness (QED) is 0.158. The highest BCUT2D eigenvalue weighted by Gasteiger charge is 2.39. The molecule has 1 amide bonds. The molecule has 2 atom stereocenters. The molecule has 0 spiro atoms. The number of aliphatic hydroxyl groups is 1. The number of alkyl halides is 6. The molecule has 2 aromatic carbocycles. The van der Waals surface area contributed by atoms with E-state index in [4.69, 9.17) is 35.0 Å². The van der Waals surface area contributed by atoms with Gasteiger partial charge in [0.1, 0.15) is 0 Å². The number of halogens is 6. The molecule has 18 heteroatoms. The molecule has 1 aromatic heterocycles. The molecule has 12 nitrogen and oxygen atoms in total. The van der Waals surface area contributed by atoms with Crippen molar-refractivity contribution in [1.29, 1.82) is 0 Å². The molecule has 3 aromatic rings. The summed E-state index contributed by atoms with van der Waals surface area (Å²) in [6, 6.07) is 9.78. The maximum atomic E-state index is 12.3. The third kappa shape index (κ3) is 11.4. The second kappa shape index (κ2) is 17.5. The molecule has 1 unspecified atom stereocenters. The molecule has 0 bridgehead atoms. The van der Waals surface area contributed by atoms with Gasteiger partial charge >= 0.3 is 24.3 Å². The number of benzene rings is 2. The van der Waals surface area contributed by atoms with Gasteiger partial charge in [-0.2, -0.15) is 26.3 Å². The molecule has 7 N–H and O–H groups in total. The fraction of sp³-hybridized carbons (Fsp3) is 0.419. The minimum absolute atomic E-state index is 0.109. The Morgan fingerprint density at radius 3 is 2.00 bits per heavy atom. The van der Waals surface area contributed by atoms with Crippen LogP contribution in [0.4, 0.5) is 37.7 Å². The van der Waals surface area contributed by atoms with E-state index in [2.05, 4.69) is 28.6 Å². The van der Waals surface area contributed by atoms with Gasteiger partial charge < -0.3 is 41.2 Å². The number of anilines is 2. The highest BCUT2D eigenvalue weighted by molar-refractivity contribution is 6.08.